The molecule has 0 N–H and O–H groups in total. The molecular weight excluding hydrogens is 307 g/mol. The molecule has 0 saturated carbocycles. The first-order valence-corrected chi connectivity index (χ1v) is 7.54. The average molecular weight is 321 g/mol. The van der Waals surface area contributed by atoms with Gasteiger partial charge in [0.2, 0.25) is 0 Å². The fourth-order valence-corrected chi connectivity index (χ4v) is 2.72. The van der Waals surface area contributed by atoms with Crippen LogP contribution in [0.2, 0.25) is 10.0 Å². The van der Waals surface area contributed by atoms with E-state index in [0.29, 0.717) is 15.8 Å². The Morgan fingerprint density at radius 3 is 2.68 bits per heavy atom. The first-order chi connectivity index (χ1) is 9.02. The molecular formula is C13H14Cl2O3S. The quantitative estimate of drug-likeness (QED) is 0.439. The number of rotatable bonds is 7. The van der Waals surface area contributed by atoms with Crippen LogP contribution in [-0.4, -0.2) is 30.4 Å². The lowest BCUT2D eigenvalue weighted by atomic mass is 10.2. The van der Waals surface area contributed by atoms with E-state index in [0.717, 1.165) is 17.7 Å². The number of halogens is 2. The summed E-state index contributed by atoms with van der Waals surface area (Å²) in [5, 5.41) is 1.24. The minimum absolute atomic E-state index is 0.126. The molecule has 0 heterocycles. The van der Waals surface area contributed by atoms with Crippen molar-refractivity contribution in [1.29, 1.82) is 0 Å². The summed E-state index contributed by atoms with van der Waals surface area (Å²) in [5.41, 5.74) is 0.999. The Hall–Kier alpha value is -0.710. The predicted molar refractivity (Wildman–Crippen MR) is 79.1 cm³/mol. The maximum Gasteiger partial charge on any atom is 0.313 e. The van der Waals surface area contributed by atoms with Crippen molar-refractivity contribution >= 4 is 46.7 Å². The highest BCUT2D eigenvalue weighted by Gasteiger charge is 2.09. The molecule has 104 valence electrons. The van der Waals surface area contributed by atoms with Crippen LogP contribution in [-0.2, 0) is 20.7 Å². The minimum atomic E-state index is -0.494. The van der Waals surface area contributed by atoms with Crippen molar-refractivity contribution in [2.45, 2.75) is 12.8 Å². The predicted octanol–water partition coefficient (Wildman–Crippen LogP) is 3.40. The van der Waals surface area contributed by atoms with Crippen molar-refractivity contribution in [3.8, 4) is 0 Å². The number of benzene rings is 1. The molecule has 0 spiro atoms. The van der Waals surface area contributed by atoms with Gasteiger partial charge < -0.3 is 4.74 Å². The molecule has 1 aromatic carbocycles. The molecule has 0 aliphatic rings. The second-order valence-corrected chi connectivity index (χ2v) is 5.78. The Labute approximate surface area is 126 Å². The fourth-order valence-electron chi connectivity index (χ4n) is 1.38. The van der Waals surface area contributed by atoms with Crippen LogP contribution in [0.5, 0.6) is 0 Å². The molecule has 0 aliphatic carbocycles. The third kappa shape index (κ3) is 6.32. The van der Waals surface area contributed by atoms with E-state index < -0.39 is 5.97 Å². The Bertz CT molecular complexity index is 463. The Morgan fingerprint density at radius 2 is 2.05 bits per heavy atom. The molecule has 0 aromatic heterocycles. The number of thioether (sulfide) groups is 1. The van der Waals surface area contributed by atoms with Gasteiger partial charge in [0.1, 0.15) is 6.42 Å². The second kappa shape index (κ2) is 8.46. The molecule has 0 unspecified atom stereocenters. The third-order valence-corrected chi connectivity index (χ3v) is 3.97. The van der Waals surface area contributed by atoms with Gasteiger partial charge in [-0.2, -0.15) is 11.8 Å². The van der Waals surface area contributed by atoms with Crippen LogP contribution >= 0.6 is 35.0 Å². The standard InChI is InChI=1S/C13H14Cl2O3S/c1-18-13(17)7-11(16)8-19-5-4-9-2-3-10(14)6-12(9)15/h2-3,6H,4-5,7-8H2,1H3. The van der Waals surface area contributed by atoms with Crippen molar-refractivity contribution in [3.05, 3.63) is 33.8 Å². The van der Waals surface area contributed by atoms with Gasteiger partial charge >= 0.3 is 5.97 Å². The lowest BCUT2D eigenvalue weighted by molar-refractivity contribution is -0.142. The average Bonchev–Trinajstić information content (AvgIpc) is 2.36. The van der Waals surface area contributed by atoms with Gasteiger partial charge in [0.15, 0.2) is 5.78 Å². The normalized spacial score (nSPS) is 10.3. The number of ether oxygens (including phenoxy) is 1. The third-order valence-electron chi connectivity index (χ3n) is 2.36. The molecule has 0 atom stereocenters. The number of esters is 1. The molecule has 19 heavy (non-hydrogen) atoms. The topological polar surface area (TPSA) is 43.4 Å². The van der Waals surface area contributed by atoms with Crippen LogP contribution in [0.3, 0.4) is 0 Å². The van der Waals surface area contributed by atoms with Gasteiger partial charge in [0.05, 0.1) is 12.9 Å². The van der Waals surface area contributed by atoms with Gasteiger partial charge in [0, 0.05) is 10.0 Å². The summed E-state index contributed by atoms with van der Waals surface area (Å²) in [6.07, 6.45) is 0.595. The van der Waals surface area contributed by atoms with Gasteiger partial charge in [-0.3, -0.25) is 9.59 Å². The number of carbonyl (C=O) groups is 2. The van der Waals surface area contributed by atoms with E-state index >= 15 is 0 Å². The van der Waals surface area contributed by atoms with Crippen LogP contribution in [0.4, 0.5) is 0 Å². The minimum Gasteiger partial charge on any atom is -0.469 e. The van der Waals surface area contributed by atoms with Crippen LogP contribution in [0.15, 0.2) is 18.2 Å². The van der Waals surface area contributed by atoms with E-state index in [1.807, 2.05) is 6.07 Å². The number of methoxy groups -OCH3 is 1. The Kier molecular flexibility index (Phi) is 7.28. The number of hydrogen-bond acceptors (Lipinski definition) is 4. The van der Waals surface area contributed by atoms with Crippen LogP contribution in [0.1, 0.15) is 12.0 Å². The molecule has 0 amide bonds. The summed E-state index contributed by atoms with van der Waals surface area (Å²) < 4.78 is 4.42. The van der Waals surface area contributed by atoms with Gasteiger partial charge in [-0.1, -0.05) is 29.3 Å². The molecule has 0 fully saturated rings. The maximum absolute atomic E-state index is 11.4. The van der Waals surface area contributed by atoms with E-state index in [-0.39, 0.29) is 12.2 Å². The molecule has 0 aliphatic heterocycles. The van der Waals surface area contributed by atoms with Crippen molar-refractivity contribution in [2.75, 3.05) is 18.6 Å². The van der Waals surface area contributed by atoms with Crippen molar-refractivity contribution in [1.82, 2.24) is 0 Å². The lowest BCUT2D eigenvalue weighted by Crippen LogP contribution is -2.11. The summed E-state index contributed by atoms with van der Waals surface area (Å²) in [4.78, 5) is 22.2. The molecule has 0 radical (unpaired) electrons. The number of carbonyl (C=O) groups excluding carboxylic acids is 2. The van der Waals surface area contributed by atoms with Crippen molar-refractivity contribution in [2.24, 2.45) is 0 Å². The van der Waals surface area contributed by atoms with E-state index in [4.69, 9.17) is 23.2 Å². The van der Waals surface area contributed by atoms with Crippen LogP contribution in [0, 0.1) is 0 Å². The molecule has 6 heteroatoms. The zero-order valence-electron chi connectivity index (χ0n) is 10.4. The van der Waals surface area contributed by atoms with E-state index in [2.05, 4.69) is 4.74 Å². The fraction of sp³-hybridized carbons (Fsp3) is 0.385. The smallest absolute Gasteiger partial charge is 0.313 e. The zero-order chi connectivity index (χ0) is 14.3. The molecule has 3 nitrogen and oxygen atoms in total. The number of ketones is 1. The van der Waals surface area contributed by atoms with Crippen molar-refractivity contribution in [3.63, 3.8) is 0 Å². The molecule has 0 bridgehead atoms. The number of hydrogen-bond donors (Lipinski definition) is 0. The van der Waals surface area contributed by atoms with E-state index in [1.165, 1.54) is 18.9 Å². The van der Waals surface area contributed by atoms with Gasteiger partial charge in [-0.05, 0) is 29.9 Å². The first-order valence-electron chi connectivity index (χ1n) is 5.63. The van der Waals surface area contributed by atoms with Gasteiger partial charge in [0.25, 0.3) is 0 Å². The monoisotopic (exact) mass is 320 g/mol. The highest BCUT2D eigenvalue weighted by Crippen LogP contribution is 2.22. The largest absolute Gasteiger partial charge is 0.469 e. The van der Waals surface area contributed by atoms with Crippen LogP contribution < -0.4 is 0 Å². The highest BCUT2D eigenvalue weighted by atomic mass is 35.5. The van der Waals surface area contributed by atoms with E-state index in [1.54, 1.807) is 12.1 Å². The number of aryl methyl sites for hydroxylation is 1. The zero-order valence-corrected chi connectivity index (χ0v) is 12.8. The summed E-state index contributed by atoms with van der Waals surface area (Å²) >= 11 is 13.3. The van der Waals surface area contributed by atoms with E-state index in [9.17, 15) is 9.59 Å². The lowest BCUT2D eigenvalue weighted by Gasteiger charge is -2.04. The number of Topliss-reactive ketones (excluding diaryl/α,β-unsaturated/α-hetero) is 1. The van der Waals surface area contributed by atoms with Gasteiger partial charge in [-0.15, -0.1) is 0 Å². The van der Waals surface area contributed by atoms with Crippen molar-refractivity contribution < 1.29 is 14.3 Å². The SMILES string of the molecule is COC(=O)CC(=O)CSCCc1ccc(Cl)cc1Cl. The summed E-state index contributed by atoms with van der Waals surface area (Å²) in [6, 6.07) is 5.36. The molecule has 0 saturated heterocycles. The maximum atomic E-state index is 11.4. The summed E-state index contributed by atoms with van der Waals surface area (Å²) in [6.45, 7) is 0. The Balaban J connectivity index is 2.27. The van der Waals surface area contributed by atoms with Gasteiger partial charge in [-0.25, -0.2) is 0 Å². The molecule has 1 aromatic rings. The first kappa shape index (κ1) is 16.3. The molecule has 1 rings (SSSR count). The Morgan fingerprint density at radius 1 is 1.32 bits per heavy atom. The summed E-state index contributed by atoms with van der Waals surface area (Å²) in [5.74, 6) is 0.444. The van der Waals surface area contributed by atoms with Crippen LogP contribution in [0.25, 0.3) is 0 Å². The highest BCUT2D eigenvalue weighted by molar-refractivity contribution is 7.99. The second-order valence-electron chi connectivity index (χ2n) is 3.83. The summed E-state index contributed by atoms with van der Waals surface area (Å²) in [7, 11) is 1.27.